The molecule has 0 bridgehead atoms. The van der Waals surface area contributed by atoms with E-state index in [4.69, 9.17) is 14.9 Å². The largest absolute Gasteiger partial charge is 0.493 e. The minimum atomic E-state index is 0.116. The third kappa shape index (κ3) is 3.05. The maximum absolute atomic E-state index is 6.11. The fourth-order valence-corrected chi connectivity index (χ4v) is 3.25. The average molecular weight is 335 g/mol. The summed E-state index contributed by atoms with van der Waals surface area (Å²) in [5.41, 5.74) is 9.23. The van der Waals surface area contributed by atoms with Gasteiger partial charge in [-0.1, -0.05) is 36.4 Å². The molecule has 2 aromatic carbocycles. The third-order valence-corrected chi connectivity index (χ3v) is 4.62. The monoisotopic (exact) mass is 335 g/mol. The van der Waals surface area contributed by atoms with Gasteiger partial charge in [-0.25, -0.2) is 4.99 Å². The Labute approximate surface area is 146 Å². The quantitative estimate of drug-likeness (QED) is 0.566. The number of ether oxygens (including phenoxy) is 1. The van der Waals surface area contributed by atoms with Gasteiger partial charge in [0, 0.05) is 22.9 Å². The van der Waals surface area contributed by atoms with Gasteiger partial charge in [0.25, 0.3) is 0 Å². The van der Waals surface area contributed by atoms with Crippen molar-refractivity contribution in [1.82, 2.24) is 5.32 Å². The minimum Gasteiger partial charge on any atom is -0.493 e. The van der Waals surface area contributed by atoms with Crippen molar-refractivity contribution in [2.45, 2.75) is 25.9 Å². The highest BCUT2D eigenvalue weighted by Gasteiger charge is 2.21. The molecule has 0 fully saturated rings. The lowest BCUT2D eigenvalue weighted by Gasteiger charge is -2.26. The van der Waals surface area contributed by atoms with Gasteiger partial charge < -0.3 is 20.2 Å². The normalized spacial score (nSPS) is 17.2. The molecule has 5 nitrogen and oxygen atoms in total. The number of nitrogens with one attached hydrogen (secondary N) is 1. The molecule has 128 valence electrons. The fraction of sp³-hybridized carbons (Fsp3) is 0.250. The van der Waals surface area contributed by atoms with Gasteiger partial charge in [-0.05, 0) is 19.1 Å². The van der Waals surface area contributed by atoms with Crippen molar-refractivity contribution in [3.8, 4) is 5.75 Å². The Bertz CT molecular complexity index is 930. The van der Waals surface area contributed by atoms with Crippen molar-refractivity contribution < 1.29 is 9.15 Å². The van der Waals surface area contributed by atoms with Gasteiger partial charge in [-0.3, -0.25) is 0 Å². The Kier molecular flexibility index (Phi) is 4.06. The Morgan fingerprint density at radius 3 is 2.88 bits per heavy atom. The van der Waals surface area contributed by atoms with E-state index in [0.717, 1.165) is 40.0 Å². The van der Waals surface area contributed by atoms with Crippen LogP contribution < -0.4 is 15.8 Å². The standard InChI is InChI=1S/C20H21N3O2/c1-13-14-6-2-5-9-18(14)25-19(13)12-22-20(21)23-16-10-11-24-17-8-4-3-7-15(16)17/h2-9,16H,10-12H2,1H3,(H3,21,22,23). The second-order valence-corrected chi connectivity index (χ2v) is 6.22. The van der Waals surface area contributed by atoms with Crippen LogP contribution in [0.3, 0.4) is 0 Å². The number of rotatable bonds is 3. The molecule has 1 aromatic heterocycles. The predicted octanol–water partition coefficient (Wildman–Crippen LogP) is 3.67. The molecule has 0 aliphatic carbocycles. The predicted molar refractivity (Wildman–Crippen MR) is 98.7 cm³/mol. The lowest BCUT2D eigenvalue weighted by atomic mass is 10.0. The molecule has 0 spiro atoms. The summed E-state index contributed by atoms with van der Waals surface area (Å²) in [6, 6.07) is 16.1. The van der Waals surface area contributed by atoms with Crippen LogP contribution >= 0.6 is 0 Å². The second-order valence-electron chi connectivity index (χ2n) is 6.22. The van der Waals surface area contributed by atoms with Crippen LogP contribution in [0.15, 0.2) is 57.9 Å². The minimum absolute atomic E-state index is 0.116. The SMILES string of the molecule is Cc1c(CN=C(N)NC2CCOc3ccccc32)oc2ccccc12. The molecule has 3 aromatic rings. The summed E-state index contributed by atoms with van der Waals surface area (Å²) in [5.74, 6) is 2.17. The number of para-hydroxylation sites is 2. The first-order chi connectivity index (χ1) is 12.2. The summed E-state index contributed by atoms with van der Waals surface area (Å²) in [6.45, 7) is 3.14. The van der Waals surface area contributed by atoms with Crippen LogP contribution in [0.2, 0.25) is 0 Å². The zero-order valence-electron chi connectivity index (χ0n) is 14.2. The smallest absolute Gasteiger partial charge is 0.189 e. The molecule has 1 aliphatic rings. The van der Waals surface area contributed by atoms with E-state index in [9.17, 15) is 0 Å². The van der Waals surface area contributed by atoms with E-state index in [1.54, 1.807) is 0 Å². The van der Waals surface area contributed by atoms with E-state index < -0.39 is 0 Å². The molecule has 1 unspecified atom stereocenters. The molecule has 5 heteroatoms. The number of hydrogen-bond acceptors (Lipinski definition) is 3. The van der Waals surface area contributed by atoms with E-state index >= 15 is 0 Å². The maximum atomic E-state index is 6.11. The molecule has 0 saturated carbocycles. The van der Waals surface area contributed by atoms with Crippen molar-refractivity contribution in [2.75, 3.05) is 6.61 Å². The molecule has 0 amide bonds. The summed E-state index contributed by atoms with van der Waals surface area (Å²) < 4.78 is 11.6. The lowest BCUT2D eigenvalue weighted by Crippen LogP contribution is -2.37. The molecule has 2 heterocycles. The molecule has 1 atom stereocenters. The van der Waals surface area contributed by atoms with Crippen LogP contribution in [0.4, 0.5) is 0 Å². The van der Waals surface area contributed by atoms with Crippen LogP contribution in [-0.2, 0) is 6.54 Å². The summed E-state index contributed by atoms with van der Waals surface area (Å²) >= 11 is 0. The number of furan rings is 1. The number of nitrogens with two attached hydrogens (primary N) is 1. The third-order valence-electron chi connectivity index (χ3n) is 4.62. The summed E-state index contributed by atoms with van der Waals surface area (Å²) in [6.07, 6.45) is 0.858. The van der Waals surface area contributed by atoms with Gasteiger partial charge in [0.2, 0.25) is 0 Å². The lowest BCUT2D eigenvalue weighted by molar-refractivity contribution is 0.262. The highest BCUT2D eigenvalue weighted by molar-refractivity contribution is 5.82. The first-order valence-electron chi connectivity index (χ1n) is 8.47. The summed E-state index contributed by atoms with van der Waals surface area (Å²) in [7, 11) is 0. The zero-order valence-corrected chi connectivity index (χ0v) is 14.2. The molecule has 0 radical (unpaired) electrons. The maximum Gasteiger partial charge on any atom is 0.189 e. The van der Waals surface area contributed by atoms with Gasteiger partial charge in [0.1, 0.15) is 23.6 Å². The van der Waals surface area contributed by atoms with Gasteiger partial charge in [0.05, 0.1) is 12.6 Å². The molecular formula is C20H21N3O2. The number of nitrogens with zero attached hydrogens (tertiary/aromatic N) is 1. The van der Waals surface area contributed by atoms with Gasteiger partial charge in [0.15, 0.2) is 5.96 Å². The van der Waals surface area contributed by atoms with E-state index in [2.05, 4.69) is 29.4 Å². The Balaban J connectivity index is 1.50. The van der Waals surface area contributed by atoms with Gasteiger partial charge in [-0.2, -0.15) is 0 Å². The van der Waals surface area contributed by atoms with Crippen molar-refractivity contribution >= 4 is 16.9 Å². The van der Waals surface area contributed by atoms with Crippen molar-refractivity contribution in [2.24, 2.45) is 10.7 Å². The number of hydrogen-bond donors (Lipinski definition) is 2. The number of guanidine groups is 1. The van der Waals surface area contributed by atoms with Crippen molar-refractivity contribution in [3.63, 3.8) is 0 Å². The van der Waals surface area contributed by atoms with E-state index in [0.29, 0.717) is 19.1 Å². The second kappa shape index (κ2) is 6.51. The van der Waals surface area contributed by atoms with Crippen LogP contribution in [-0.4, -0.2) is 12.6 Å². The fourth-order valence-electron chi connectivity index (χ4n) is 3.25. The Hall–Kier alpha value is -2.95. The van der Waals surface area contributed by atoms with Gasteiger partial charge in [-0.15, -0.1) is 0 Å². The first kappa shape index (κ1) is 15.6. The molecule has 25 heavy (non-hydrogen) atoms. The van der Waals surface area contributed by atoms with E-state index in [1.165, 1.54) is 0 Å². The van der Waals surface area contributed by atoms with Crippen molar-refractivity contribution in [1.29, 1.82) is 0 Å². The summed E-state index contributed by atoms with van der Waals surface area (Å²) in [5, 5.41) is 4.43. The molecule has 4 rings (SSSR count). The van der Waals surface area contributed by atoms with Crippen LogP contribution in [0.25, 0.3) is 11.0 Å². The highest BCUT2D eigenvalue weighted by atomic mass is 16.5. The molecule has 0 saturated heterocycles. The highest BCUT2D eigenvalue weighted by Crippen LogP contribution is 2.31. The van der Waals surface area contributed by atoms with Gasteiger partial charge >= 0.3 is 0 Å². The van der Waals surface area contributed by atoms with Crippen LogP contribution in [0.1, 0.15) is 29.3 Å². The Morgan fingerprint density at radius 1 is 1.20 bits per heavy atom. The summed E-state index contributed by atoms with van der Waals surface area (Å²) in [4.78, 5) is 4.47. The van der Waals surface area contributed by atoms with Crippen molar-refractivity contribution in [3.05, 3.63) is 65.4 Å². The van der Waals surface area contributed by atoms with E-state index in [1.807, 2.05) is 36.4 Å². The van der Waals surface area contributed by atoms with E-state index in [-0.39, 0.29) is 6.04 Å². The van der Waals surface area contributed by atoms with Crippen LogP contribution in [0.5, 0.6) is 5.75 Å². The first-order valence-corrected chi connectivity index (χ1v) is 8.47. The Morgan fingerprint density at radius 2 is 2.00 bits per heavy atom. The molecular weight excluding hydrogens is 314 g/mol. The number of fused-ring (bicyclic) bond motifs is 2. The topological polar surface area (TPSA) is 72.8 Å². The zero-order chi connectivity index (χ0) is 17.2. The number of aryl methyl sites for hydroxylation is 1. The van der Waals surface area contributed by atoms with Crippen LogP contribution in [0, 0.1) is 6.92 Å². The molecule has 1 aliphatic heterocycles. The number of benzene rings is 2. The number of aliphatic imine (C=N–C) groups is 1. The molecule has 3 N–H and O–H groups in total. The average Bonchev–Trinajstić information content (AvgIpc) is 2.97.